The zero-order chi connectivity index (χ0) is 14.4. The first-order chi connectivity index (χ1) is 8.95. The molecule has 1 aromatic rings. The van der Waals surface area contributed by atoms with Crippen LogP contribution in [0.2, 0.25) is 0 Å². The van der Waals surface area contributed by atoms with E-state index < -0.39 is 0 Å². The lowest BCUT2D eigenvalue weighted by molar-refractivity contribution is -0.143. The number of halogens is 2. The summed E-state index contributed by atoms with van der Waals surface area (Å²) in [4.78, 5) is 11.7. The number of benzene rings is 1. The van der Waals surface area contributed by atoms with Crippen molar-refractivity contribution in [2.24, 2.45) is 5.92 Å². The number of ether oxygens (including phenoxy) is 1. The highest BCUT2D eigenvalue weighted by Gasteiger charge is 2.20. The average molecular weight is 332 g/mol. The largest absolute Gasteiger partial charge is 0.468 e. The third-order valence-electron chi connectivity index (χ3n) is 2.76. The van der Waals surface area contributed by atoms with Gasteiger partial charge in [0, 0.05) is 6.54 Å². The molecule has 0 heterocycles. The van der Waals surface area contributed by atoms with Crippen molar-refractivity contribution in [1.29, 1.82) is 0 Å². The third kappa shape index (κ3) is 4.91. The van der Waals surface area contributed by atoms with Crippen molar-refractivity contribution in [1.82, 2.24) is 5.32 Å². The molecule has 106 valence electrons. The molecule has 1 N–H and O–H groups in total. The number of carbonyl (C=O) groups is 1. The second kappa shape index (κ2) is 7.60. The highest BCUT2D eigenvalue weighted by atomic mass is 79.9. The van der Waals surface area contributed by atoms with E-state index in [2.05, 4.69) is 21.2 Å². The smallest absolute Gasteiger partial charge is 0.322 e. The maximum absolute atomic E-state index is 13.4. The Balaban J connectivity index is 2.70. The number of esters is 1. The van der Waals surface area contributed by atoms with Crippen LogP contribution in [0.3, 0.4) is 0 Å². The van der Waals surface area contributed by atoms with E-state index in [0.29, 0.717) is 23.4 Å². The van der Waals surface area contributed by atoms with Crippen molar-refractivity contribution in [3.63, 3.8) is 0 Å². The van der Waals surface area contributed by atoms with Gasteiger partial charge in [-0.2, -0.15) is 0 Å². The summed E-state index contributed by atoms with van der Waals surface area (Å²) in [6, 6.07) is 4.47. The van der Waals surface area contributed by atoms with E-state index >= 15 is 0 Å². The van der Waals surface area contributed by atoms with Gasteiger partial charge >= 0.3 is 5.97 Å². The van der Waals surface area contributed by atoms with E-state index in [0.717, 1.165) is 5.56 Å². The van der Waals surface area contributed by atoms with Crippen LogP contribution >= 0.6 is 15.9 Å². The molecule has 0 aliphatic carbocycles. The molecule has 19 heavy (non-hydrogen) atoms. The van der Waals surface area contributed by atoms with Crippen molar-refractivity contribution in [2.75, 3.05) is 7.11 Å². The molecule has 0 saturated carbocycles. The van der Waals surface area contributed by atoms with E-state index in [4.69, 9.17) is 4.74 Å². The molecule has 0 spiro atoms. The number of hydrogen-bond donors (Lipinski definition) is 1. The summed E-state index contributed by atoms with van der Waals surface area (Å²) in [5, 5.41) is 3.11. The quantitative estimate of drug-likeness (QED) is 0.813. The van der Waals surface area contributed by atoms with Crippen LogP contribution in [0.25, 0.3) is 0 Å². The Bertz CT molecular complexity index is 437. The molecule has 1 aromatic carbocycles. The molecular weight excluding hydrogens is 313 g/mol. The first kappa shape index (κ1) is 16.1. The lowest BCUT2D eigenvalue weighted by Crippen LogP contribution is -2.38. The van der Waals surface area contributed by atoms with Crippen LogP contribution < -0.4 is 5.32 Å². The molecule has 0 fully saturated rings. The van der Waals surface area contributed by atoms with Gasteiger partial charge in [0.25, 0.3) is 0 Å². The minimum absolute atomic E-state index is 0.291. The number of rotatable bonds is 6. The van der Waals surface area contributed by atoms with Gasteiger partial charge in [-0.3, -0.25) is 4.79 Å². The molecule has 1 unspecified atom stereocenters. The van der Waals surface area contributed by atoms with Gasteiger partial charge in [0.05, 0.1) is 11.6 Å². The van der Waals surface area contributed by atoms with Gasteiger partial charge in [0.2, 0.25) is 0 Å². The lowest BCUT2D eigenvalue weighted by Gasteiger charge is -2.18. The Kier molecular flexibility index (Phi) is 6.45. The zero-order valence-electron chi connectivity index (χ0n) is 11.4. The number of nitrogens with one attached hydrogen (secondary N) is 1. The molecule has 0 saturated heterocycles. The van der Waals surface area contributed by atoms with Gasteiger partial charge in [0.15, 0.2) is 0 Å². The maximum Gasteiger partial charge on any atom is 0.322 e. The van der Waals surface area contributed by atoms with Crippen LogP contribution in [0.4, 0.5) is 4.39 Å². The van der Waals surface area contributed by atoms with Gasteiger partial charge in [0.1, 0.15) is 11.9 Å². The molecule has 0 aliphatic heterocycles. The molecule has 1 rings (SSSR count). The average Bonchev–Trinajstić information content (AvgIpc) is 2.37. The van der Waals surface area contributed by atoms with Crippen LogP contribution in [-0.2, 0) is 16.1 Å². The van der Waals surface area contributed by atoms with Crippen LogP contribution in [0, 0.1) is 11.7 Å². The second-order valence-corrected chi connectivity index (χ2v) is 5.59. The fourth-order valence-electron chi connectivity index (χ4n) is 1.79. The minimum Gasteiger partial charge on any atom is -0.468 e. The highest BCUT2D eigenvalue weighted by Crippen LogP contribution is 2.20. The molecule has 0 bridgehead atoms. The van der Waals surface area contributed by atoms with Gasteiger partial charge in [-0.1, -0.05) is 26.0 Å². The van der Waals surface area contributed by atoms with E-state index in [1.807, 2.05) is 19.9 Å². The molecule has 0 aliphatic rings. The molecular formula is C14H19BrFNO2. The summed E-state index contributed by atoms with van der Waals surface area (Å²) >= 11 is 3.20. The molecule has 0 amide bonds. The topological polar surface area (TPSA) is 38.3 Å². The number of carbonyl (C=O) groups excluding carboxylic acids is 1. The Morgan fingerprint density at radius 2 is 2.16 bits per heavy atom. The van der Waals surface area contributed by atoms with Gasteiger partial charge in [-0.25, -0.2) is 4.39 Å². The van der Waals surface area contributed by atoms with E-state index in [9.17, 15) is 9.18 Å². The molecule has 1 atom stereocenters. The fourth-order valence-corrected chi connectivity index (χ4v) is 2.20. The van der Waals surface area contributed by atoms with E-state index in [1.54, 1.807) is 6.07 Å². The van der Waals surface area contributed by atoms with Gasteiger partial charge in [-0.15, -0.1) is 0 Å². The highest BCUT2D eigenvalue weighted by molar-refractivity contribution is 9.10. The summed E-state index contributed by atoms with van der Waals surface area (Å²) in [7, 11) is 1.37. The summed E-state index contributed by atoms with van der Waals surface area (Å²) < 4.78 is 18.6. The predicted octanol–water partition coefficient (Wildman–Crippen LogP) is 3.27. The van der Waals surface area contributed by atoms with Crippen molar-refractivity contribution >= 4 is 21.9 Å². The van der Waals surface area contributed by atoms with Crippen LogP contribution in [0.1, 0.15) is 25.8 Å². The minimum atomic E-state index is -0.375. The standard InChI is InChI=1S/C14H19BrFNO2/c1-9(2)7-12(14(18)19-3)17-8-10-5-4-6-11(16)13(10)15/h4-6,9,12,17H,7-8H2,1-3H3. The SMILES string of the molecule is COC(=O)C(CC(C)C)NCc1cccc(F)c1Br. The van der Waals surface area contributed by atoms with Crippen molar-refractivity contribution < 1.29 is 13.9 Å². The summed E-state index contributed by atoms with van der Waals surface area (Å²) in [6.45, 7) is 4.48. The van der Waals surface area contributed by atoms with Crippen molar-refractivity contribution in [3.8, 4) is 0 Å². The zero-order valence-corrected chi connectivity index (χ0v) is 13.0. The van der Waals surface area contributed by atoms with Crippen LogP contribution in [-0.4, -0.2) is 19.1 Å². The van der Waals surface area contributed by atoms with E-state index in [-0.39, 0.29) is 17.8 Å². The fraction of sp³-hybridized carbons (Fsp3) is 0.500. The first-order valence-electron chi connectivity index (χ1n) is 6.19. The van der Waals surface area contributed by atoms with E-state index in [1.165, 1.54) is 13.2 Å². The van der Waals surface area contributed by atoms with Gasteiger partial charge < -0.3 is 10.1 Å². The summed E-state index contributed by atoms with van der Waals surface area (Å²) in [5.74, 6) is -0.230. The normalized spacial score (nSPS) is 12.5. The Labute approximate surface area is 121 Å². The summed E-state index contributed by atoms with van der Waals surface area (Å²) in [6.07, 6.45) is 0.680. The van der Waals surface area contributed by atoms with Crippen LogP contribution in [0.15, 0.2) is 22.7 Å². The Morgan fingerprint density at radius 1 is 1.47 bits per heavy atom. The molecule has 5 heteroatoms. The van der Waals surface area contributed by atoms with Crippen molar-refractivity contribution in [2.45, 2.75) is 32.9 Å². The predicted molar refractivity (Wildman–Crippen MR) is 76.2 cm³/mol. The van der Waals surface area contributed by atoms with Gasteiger partial charge in [-0.05, 0) is 39.9 Å². The lowest BCUT2D eigenvalue weighted by atomic mass is 10.0. The van der Waals surface area contributed by atoms with Crippen LogP contribution in [0.5, 0.6) is 0 Å². The molecule has 0 aromatic heterocycles. The Hall–Kier alpha value is -0.940. The molecule has 3 nitrogen and oxygen atoms in total. The number of methoxy groups -OCH3 is 1. The second-order valence-electron chi connectivity index (χ2n) is 4.80. The first-order valence-corrected chi connectivity index (χ1v) is 6.99. The number of hydrogen-bond acceptors (Lipinski definition) is 3. The Morgan fingerprint density at radius 3 is 2.74 bits per heavy atom. The monoisotopic (exact) mass is 331 g/mol. The van der Waals surface area contributed by atoms with Crippen molar-refractivity contribution in [3.05, 3.63) is 34.1 Å². The molecule has 0 radical (unpaired) electrons. The maximum atomic E-state index is 13.4. The third-order valence-corrected chi connectivity index (χ3v) is 3.65. The summed E-state index contributed by atoms with van der Waals surface area (Å²) in [5.41, 5.74) is 0.776.